The number of nitrogens with zero attached hydrogens (tertiary/aromatic N) is 4. The Bertz CT molecular complexity index is 1280. The van der Waals surface area contributed by atoms with E-state index in [4.69, 9.17) is 4.98 Å². The highest BCUT2D eigenvalue weighted by molar-refractivity contribution is 7.13. The zero-order valence-corrected chi connectivity index (χ0v) is 17.6. The lowest BCUT2D eigenvalue weighted by molar-refractivity contribution is 0.0622. The molecule has 0 atom stereocenters. The average molecular weight is 432 g/mol. The number of aromatic nitrogens is 3. The second kappa shape index (κ2) is 8.41. The third kappa shape index (κ3) is 3.99. The summed E-state index contributed by atoms with van der Waals surface area (Å²) in [5.74, 6) is -0.146. The van der Waals surface area contributed by atoms with Crippen molar-refractivity contribution in [1.82, 2.24) is 25.0 Å². The molecule has 3 heterocycles. The molecular weight excluding hydrogens is 410 g/mol. The molecule has 1 aliphatic heterocycles. The molecule has 2 aromatic heterocycles. The van der Waals surface area contributed by atoms with Gasteiger partial charge in [0, 0.05) is 49.1 Å². The zero-order valence-electron chi connectivity index (χ0n) is 16.8. The number of fused-ring (bicyclic) bond motifs is 1. The third-order valence-corrected chi connectivity index (χ3v) is 6.46. The van der Waals surface area contributed by atoms with Gasteiger partial charge in [0.2, 0.25) is 0 Å². The third-order valence-electron chi connectivity index (χ3n) is 5.52. The van der Waals surface area contributed by atoms with Gasteiger partial charge in [-0.25, -0.2) is 10.1 Å². The van der Waals surface area contributed by atoms with E-state index in [1.54, 1.807) is 34.4 Å². The maximum Gasteiger partial charge on any atom is 0.275 e. The van der Waals surface area contributed by atoms with Crippen LogP contribution in [0.3, 0.4) is 0 Å². The molecule has 1 N–H and O–H groups in total. The number of rotatable bonds is 4. The molecule has 0 bridgehead atoms. The van der Waals surface area contributed by atoms with Gasteiger partial charge in [-0.05, 0) is 6.07 Å². The summed E-state index contributed by atoms with van der Waals surface area (Å²) in [6, 6.07) is 17.3. The van der Waals surface area contributed by atoms with Gasteiger partial charge < -0.3 is 4.90 Å². The Morgan fingerprint density at radius 2 is 1.68 bits per heavy atom. The predicted molar refractivity (Wildman–Crippen MR) is 121 cm³/mol. The van der Waals surface area contributed by atoms with Crippen LogP contribution in [0, 0.1) is 0 Å². The average Bonchev–Trinajstić information content (AvgIpc) is 3.29. The monoisotopic (exact) mass is 431 g/mol. The van der Waals surface area contributed by atoms with Crippen LogP contribution in [0.5, 0.6) is 0 Å². The minimum absolute atomic E-state index is 0.146. The molecule has 1 fully saturated rings. The van der Waals surface area contributed by atoms with E-state index >= 15 is 0 Å². The van der Waals surface area contributed by atoms with Gasteiger partial charge in [-0.1, -0.05) is 48.5 Å². The quantitative estimate of drug-likeness (QED) is 0.537. The molecule has 0 aliphatic carbocycles. The Kier molecular flexibility index (Phi) is 5.31. The molecule has 8 heteroatoms. The van der Waals surface area contributed by atoms with Crippen LogP contribution < -0.4 is 5.56 Å². The van der Waals surface area contributed by atoms with E-state index in [9.17, 15) is 9.59 Å². The highest BCUT2D eigenvalue weighted by Crippen LogP contribution is 2.24. The highest BCUT2D eigenvalue weighted by Gasteiger charge is 2.25. The van der Waals surface area contributed by atoms with Gasteiger partial charge in [0.25, 0.3) is 11.5 Å². The number of benzene rings is 2. The number of amides is 1. The number of carbonyl (C=O) groups is 1. The SMILES string of the molecule is O=C(c1n[nH]c(=O)c2ccccc12)N1CCN(Cc2csc(-c3ccccc3)n2)CC1. The topological polar surface area (TPSA) is 82.2 Å². The number of aromatic amines is 1. The molecule has 31 heavy (non-hydrogen) atoms. The lowest BCUT2D eigenvalue weighted by Gasteiger charge is -2.34. The van der Waals surface area contributed by atoms with E-state index in [2.05, 4.69) is 32.6 Å². The summed E-state index contributed by atoms with van der Waals surface area (Å²) in [6.07, 6.45) is 0. The van der Waals surface area contributed by atoms with Crippen LogP contribution in [0.25, 0.3) is 21.3 Å². The number of carbonyl (C=O) groups excluding carboxylic acids is 1. The van der Waals surface area contributed by atoms with Crippen molar-refractivity contribution < 1.29 is 4.79 Å². The van der Waals surface area contributed by atoms with Crippen LogP contribution in [0.15, 0.2) is 64.8 Å². The summed E-state index contributed by atoms with van der Waals surface area (Å²) in [6.45, 7) is 3.54. The molecule has 0 saturated carbocycles. The number of hydrogen-bond acceptors (Lipinski definition) is 6. The first kappa shape index (κ1) is 19.6. The van der Waals surface area contributed by atoms with Crippen molar-refractivity contribution in [2.45, 2.75) is 6.54 Å². The predicted octanol–water partition coefficient (Wildman–Crippen LogP) is 3.00. The molecular formula is C23H21N5O2S. The Balaban J connectivity index is 1.24. The Labute approximate surface area is 183 Å². The standard InChI is InChI=1S/C23H21N5O2S/c29-21-19-9-5-4-8-18(19)20(25-26-21)23(30)28-12-10-27(11-13-28)14-17-15-31-22(24-17)16-6-2-1-3-7-16/h1-9,15H,10-14H2,(H,26,29). The van der Waals surface area contributed by atoms with Crippen molar-refractivity contribution >= 4 is 28.0 Å². The Morgan fingerprint density at radius 1 is 0.968 bits per heavy atom. The van der Waals surface area contributed by atoms with Crippen LogP contribution >= 0.6 is 11.3 Å². The first-order valence-corrected chi connectivity index (χ1v) is 11.1. The Hall–Kier alpha value is -3.36. The minimum Gasteiger partial charge on any atom is -0.335 e. The summed E-state index contributed by atoms with van der Waals surface area (Å²) >= 11 is 1.66. The largest absolute Gasteiger partial charge is 0.335 e. The fraction of sp³-hybridized carbons (Fsp3) is 0.217. The first-order chi connectivity index (χ1) is 15.2. The zero-order chi connectivity index (χ0) is 21.2. The summed E-state index contributed by atoms with van der Waals surface area (Å²) < 4.78 is 0. The summed E-state index contributed by atoms with van der Waals surface area (Å²) in [7, 11) is 0. The van der Waals surface area contributed by atoms with Gasteiger partial charge in [-0.15, -0.1) is 11.3 Å². The van der Waals surface area contributed by atoms with Crippen LogP contribution in [-0.4, -0.2) is 57.1 Å². The smallest absolute Gasteiger partial charge is 0.275 e. The highest BCUT2D eigenvalue weighted by atomic mass is 32.1. The van der Waals surface area contributed by atoms with Crippen molar-refractivity contribution in [1.29, 1.82) is 0 Å². The molecule has 0 radical (unpaired) electrons. The van der Waals surface area contributed by atoms with E-state index in [0.29, 0.717) is 29.6 Å². The summed E-state index contributed by atoms with van der Waals surface area (Å²) in [5, 5.41) is 10.7. The fourth-order valence-electron chi connectivity index (χ4n) is 3.86. The van der Waals surface area contributed by atoms with Crippen molar-refractivity contribution in [3.05, 3.63) is 81.7 Å². The van der Waals surface area contributed by atoms with Gasteiger partial charge in [0.15, 0.2) is 5.69 Å². The van der Waals surface area contributed by atoms with E-state index < -0.39 is 0 Å². The lowest BCUT2D eigenvalue weighted by Crippen LogP contribution is -2.48. The van der Waals surface area contributed by atoms with Crippen molar-refractivity contribution in [2.75, 3.05) is 26.2 Å². The molecule has 4 aromatic rings. The summed E-state index contributed by atoms with van der Waals surface area (Å²) in [4.78, 5) is 33.9. The number of nitrogens with one attached hydrogen (secondary N) is 1. The molecule has 1 amide bonds. The second-order valence-electron chi connectivity index (χ2n) is 7.53. The van der Waals surface area contributed by atoms with Crippen molar-refractivity contribution in [2.24, 2.45) is 0 Å². The summed E-state index contributed by atoms with van der Waals surface area (Å²) in [5.41, 5.74) is 2.21. The molecule has 0 unspecified atom stereocenters. The molecule has 2 aromatic carbocycles. The normalized spacial score (nSPS) is 14.8. The van der Waals surface area contributed by atoms with E-state index in [1.807, 2.05) is 24.3 Å². The minimum atomic E-state index is -0.282. The van der Waals surface area contributed by atoms with E-state index in [-0.39, 0.29) is 11.5 Å². The molecule has 1 aliphatic rings. The fourth-order valence-corrected chi connectivity index (χ4v) is 4.68. The van der Waals surface area contributed by atoms with Crippen LogP contribution in [0.4, 0.5) is 0 Å². The maximum atomic E-state index is 13.1. The lowest BCUT2D eigenvalue weighted by atomic mass is 10.1. The molecule has 7 nitrogen and oxygen atoms in total. The molecule has 156 valence electrons. The van der Waals surface area contributed by atoms with Gasteiger partial charge in [0.1, 0.15) is 5.01 Å². The van der Waals surface area contributed by atoms with Gasteiger partial charge in [-0.3, -0.25) is 14.5 Å². The number of thiazole rings is 1. The van der Waals surface area contributed by atoms with Crippen molar-refractivity contribution in [3.63, 3.8) is 0 Å². The molecule has 1 saturated heterocycles. The number of H-pyrrole nitrogens is 1. The number of piperazine rings is 1. The van der Waals surface area contributed by atoms with Gasteiger partial charge in [-0.2, -0.15) is 5.10 Å². The van der Waals surface area contributed by atoms with E-state index in [0.717, 1.165) is 35.9 Å². The van der Waals surface area contributed by atoms with Crippen molar-refractivity contribution in [3.8, 4) is 10.6 Å². The second-order valence-corrected chi connectivity index (χ2v) is 8.38. The van der Waals surface area contributed by atoms with Crippen LogP contribution in [0.2, 0.25) is 0 Å². The van der Waals surface area contributed by atoms with E-state index in [1.165, 1.54) is 0 Å². The van der Waals surface area contributed by atoms with Crippen LogP contribution in [-0.2, 0) is 6.54 Å². The maximum absolute atomic E-state index is 13.1. The molecule has 0 spiro atoms. The Morgan fingerprint density at radius 3 is 2.45 bits per heavy atom. The van der Waals surface area contributed by atoms with Crippen LogP contribution in [0.1, 0.15) is 16.2 Å². The number of hydrogen-bond donors (Lipinski definition) is 1. The first-order valence-electron chi connectivity index (χ1n) is 10.2. The molecule has 5 rings (SSSR count). The van der Waals surface area contributed by atoms with Gasteiger partial charge in [0.05, 0.1) is 11.1 Å². The van der Waals surface area contributed by atoms with Gasteiger partial charge >= 0.3 is 0 Å².